The Bertz CT molecular complexity index is 423. The highest BCUT2D eigenvalue weighted by molar-refractivity contribution is 5.73. The van der Waals surface area contributed by atoms with Crippen LogP contribution in [0.15, 0.2) is 29.4 Å². The maximum absolute atomic E-state index is 4.76. The standard InChI is InChI=1S/C8H8N4O/c1-9-13-6-12-8-5-3-2-4-7(8)10-11-12/h2-5H,1,6H2. The third-order valence-corrected chi connectivity index (χ3v) is 1.69. The SMILES string of the molecule is C=NOCn1nnc2ccccc21. The number of fused-ring (bicyclic) bond motifs is 1. The van der Waals surface area contributed by atoms with Crippen LogP contribution in [0.25, 0.3) is 11.0 Å². The molecule has 2 aromatic rings. The molecule has 66 valence electrons. The van der Waals surface area contributed by atoms with Crippen molar-refractivity contribution >= 4 is 17.8 Å². The molecule has 0 spiro atoms. The summed E-state index contributed by atoms with van der Waals surface area (Å²) in [5, 5.41) is 11.1. The predicted molar refractivity (Wildman–Crippen MR) is 48.2 cm³/mol. The third-order valence-electron chi connectivity index (χ3n) is 1.69. The third kappa shape index (κ3) is 1.35. The van der Waals surface area contributed by atoms with E-state index in [1.807, 2.05) is 24.3 Å². The highest BCUT2D eigenvalue weighted by atomic mass is 16.6. The van der Waals surface area contributed by atoms with Crippen LogP contribution in [0.2, 0.25) is 0 Å². The lowest BCUT2D eigenvalue weighted by Gasteiger charge is -1.98. The summed E-state index contributed by atoms with van der Waals surface area (Å²) in [5.41, 5.74) is 1.77. The molecular formula is C8H8N4O. The highest BCUT2D eigenvalue weighted by Gasteiger charge is 2.01. The molecular weight excluding hydrogens is 168 g/mol. The quantitative estimate of drug-likeness (QED) is 0.518. The van der Waals surface area contributed by atoms with Gasteiger partial charge in [0.2, 0.25) is 6.73 Å². The van der Waals surface area contributed by atoms with Gasteiger partial charge in [0, 0.05) is 6.72 Å². The van der Waals surface area contributed by atoms with E-state index in [9.17, 15) is 0 Å². The smallest absolute Gasteiger partial charge is 0.211 e. The zero-order valence-corrected chi connectivity index (χ0v) is 6.92. The maximum atomic E-state index is 4.76. The zero-order valence-electron chi connectivity index (χ0n) is 6.92. The fourth-order valence-corrected chi connectivity index (χ4v) is 1.11. The minimum absolute atomic E-state index is 0.240. The number of hydrogen-bond donors (Lipinski definition) is 0. The molecule has 0 aliphatic heterocycles. The van der Waals surface area contributed by atoms with Crippen LogP contribution < -0.4 is 0 Å². The first-order valence-corrected chi connectivity index (χ1v) is 3.78. The lowest BCUT2D eigenvalue weighted by Crippen LogP contribution is -2.00. The van der Waals surface area contributed by atoms with E-state index in [-0.39, 0.29) is 6.73 Å². The molecule has 0 bridgehead atoms. The molecule has 1 aromatic carbocycles. The van der Waals surface area contributed by atoms with Gasteiger partial charge in [0.15, 0.2) is 0 Å². The Hall–Kier alpha value is -1.91. The van der Waals surface area contributed by atoms with Gasteiger partial charge < -0.3 is 4.84 Å². The van der Waals surface area contributed by atoms with Crippen molar-refractivity contribution in [2.24, 2.45) is 5.16 Å². The van der Waals surface area contributed by atoms with Gasteiger partial charge in [-0.05, 0) is 12.1 Å². The van der Waals surface area contributed by atoms with Gasteiger partial charge in [-0.2, -0.15) is 0 Å². The van der Waals surface area contributed by atoms with Crippen molar-refractivity contribution in [3.05, 3.63) is 24.3 Å². The minimum atomic E-state index is 0.240. The molecule has 5 nitrogen and oxygen atoms in total. The summed E-state index contributed by atoms with van der Waals surface area (Å²) in [6, 6.07) is 7.64. The molecule has 0 aliphatic carbocycles. The van der Waals surface area contributed by atoms with Gasteiger partial charge in [0.05, 0.1) is 5.52 Å². The second-order valence-electron chi connectivity index (χ2n) is 2.46. The lowest BCUT2D eigenvalue weighted by atomic mass is 10.3. The fourth-order valence-electron chi connectivity index (χ4n) is 1.11. The Balaban J connectivity index is 2.40. The van der Waals surface area contributed by atoms with E-state index >= 15 is 0 Å². The van der Waals surface area contributed by atoms with Crippen molar-refractivity contribution in [3.63, 3.8) is 0 Å². The van der Waals surface area contributed by atoms with Gasteiger partial charge in [-0.25, -0.2) is 4.68 Å². The van der Waals surface area contributed by atoms with Crippen molar-refractivity contribution < 1.29 is 4.84 Å². The largest absolute Gasteiger partial charge is 0.373 e. The van der Waals surface area contributed by atoms with E-state index in [0.29, 0.717) is 0 Å². The maximum Gasteiger partial charge on any atom is 0.211 e. The number of aromatic nitrogens is 3. The van der Waals surface area contributed by atoms with Gasteiger partial charge in [0.1, 0.15) is 5.52 Å². The summed E-state index contributed by atoms with van der Waals surface area (Å²) < 4.78 is 1.62. The Morgan fingerprint density at radius 2 is 2.31 bits per heavy atom. The van der Waals surface area contributed by atoms with E-state index < -0.39 is 0 Å². The first-order valence-electron chi connectivity index (χ1n) is 3.78. The summed E-state index contributed by atoms with van der Waals surface area (Å²) in [7, 11) is 0. The lowest BCUT2D eigenvalue weighted by molar-refractivity contribution is 0.0792. The highest BCUT2D eigenvalue weighted by Crippen LogP contribution is 2.09. The molecule has 0 unspecified atom stereocenters. The van der Waals surface area contributed by atoms with Crippen molar-refractivity contribution in [1.29, 1.82) is 0 Å². The second-order valence-corrected chi connectivity index (χ2v) is 2.46. The molecule has 0 radical (unpaired) electrons. The molecule has 0 N–H and O–H groups in total. The predicted octanol–water partition coefficient (Wildman–Crippen LogP) is 1.02. The molecule has 1 heterocycles. The Kier molecular flexibility index (Phi) is 1.91. The average molecular weight is 176 g/mol. The number of benzene rings is 1. The van der Waals surface area contributed by atoms with Crippen molar-refractivity contribution in [2.45, 2.75) is 6.73 Å². The topological polar surface area (TPSA) is 52.3 Å². The minimum Gasteiger partial charge on any atom is -0.373 e. The molecule has 1 aromatic heterocycles. The van der Waals surface area contributed by atoms with Gasteiger partial charge in [0.25, 0.3) is 0 Å². The summed E-state index contributed by atoms with van der Waals surface area (Å²) in [6.07, 6.45) is 0. The van der Waals surface area contributed by atoms with E-state index in [2.05, 4.69) is 22.2 Å². The van der Waals surface area contributed by atoms with E-state index in [1.165, 1.54) is 0 Å². The van der Waals surface area contributed by atoms with Crippen LogP contribution in [0.1, 0.15) is 0 Å². The summed E-state index contributed by atoms with van der Waals surface area (Å²) in [5.74, 6) is 0. The molecule has 0 atom stereocenters. The molecule has 0 fully saturated rings. The average Bonchev–Trinajstić information content (AvgIpc) is 2.58. The normalized spacial score (nSPS) is 10.2. The summed E-state index contributed by atoms with van der Waals surface area (Å²) in [6.45, 7) is 3.45. The van der Waals surface area contributed by atoms with Crippen LogP contribution in [-0.4, -0.2) is 21.7 Å². The fraction of sp³-hybridized carbons (Fsp3) is 0.125. The van der Waals surface area contributed by atoms with Crippen LogP contribution in [0.4, 0.5) is 0 Å². The van der Waals surface area contributed by atoms with Crippen LogP contribution in [0.3, 0.4) is 0 Å². The second kappa shape index (κ2) is 3.22. The first kappa shape index (κ1) is 7.72. The Morgan fingerprint density at radius 1 is 1.46 bits per heavy atom. The zero-order chi connectivity index (χ0) is 9.10. The van der Waals surface area contributed by atoms with Crippen LogP contribution in [0, 0.1) is 0 Å². The molecule has 0 saturated carbocycles. The molecule has 5 heteroatoms. The Morgan fingerprint density at radius 3 is 3.15 bits per heavy atom. The molecule has 0 aliphatic rings. The van der Waals surface area contributed by atoms with Gasteiger partial charge >= 0.3 is 0 Å². The van der Waals surface area contributed by atoms with Crippen LogP contribution in [-0.2, 0) is 11.6 Å². The number of rotatable bonds is 3. The van der Waals surface area contributed by atoms with Crippen LogP contribution >= 0.6 is 0 Å². The van der Waals surface area contributed by atoms with Gasteiger partial charge in [-0.1, -0.05) is 17.3 Å². The molecule has 0 amide bonds. The summed E-state index contributed by atoms with van der Waals surface area (Å²) >= 11 is 0. The number of para-hydroxylation sites is 1. The number of nitrogens with zero attached hydrogens (tertiary/aromatic N) is 4. The van der Waals surface area contributed by atoms with E-state index in [4.69, 9.17) is 4.84 Å². The first-order chi connectivity index (χ1) is 6.42. The molecule has 0 saturated heterocycles. The van der Waals surface area contributed by atoms with Crippen LogP contribution in [0.5, 0.6) is 0 Å². The van der Waals surface area contributed by atoms with Gasteiger partial charge in [-0.15, -0.1) is 10.3 Å². The van der Waals surface area contributed by atoms with E-state index in [1.54, 1.807) is 4.68 Å². The molecule has 13 heavy (non-hydrogen) atoms. The van der Waals surface area contributed by atoms with E-state index in [0.717, 1.165) is 11.0 Å². The van der Waals surface area contributed by atoms with Crippen molar-refractivity contribution in [2.75, 3.05) is 0 Å². The molecule has 2 rings (SSSR count). The van der Waals surface area contributed by atoms with Crippen molar-refractivity contribution in [3.8, 4) is 0 Å². The van der Waals surface area contributed by atoms with Gasteiger partial charge in [-0.3, -0.25) is 0 Å². The van der Waals surface area contributed by atoms with Crippen molar-refractivity contribution in [1.82, 2.24) is 15.0 Å². The number of hydrogen-bond acceptors (Lipinski definition) is 4. The Labute approximate surface area is 74.6 Å². The summed E-state index contributed by atoms with van der Waals surface area (Å²) in [4.78, 5) is 4.76. The monoisotopic (exact) mass is 176 g/mol. The number of oxime groups is 1.